The quantitative estimate of drug-likeness (QED) is 0.723. The highest BCUT2D eigenvalue weighted by molar-refractivity contribution is 7.98. The summed E-state index contributed by atoms with van der Waals surface area (Å²) in [7, 11) is 0. The van der Waals surface area contributed by atoms with Crippen LogP contribution in [0.3, 0.4) is 0 Å². The van der Waals surface area contributed by atoms with Crippen LogP contribution in [0.25, 0.3) is 0 Å². The minimum absolute atomic E-state index is 0.00275. The zero-order valence-electron chi connectivity index (χ0n) is 17.8. The molecule has 3 fully saturated rings. The number of hydrogen-bond acceptors (Lipinski definition) is 5. The van der Waals surface area contributed by atoms with Crippen molar-refractivity contribution in [3.63, 3.8) is 0 Å². The fraction of sp³-hybridized carbons (Fsp3) is 0.609. The van der Waals surface area contributed by atoms with Gasteiger partial charge in [-0.3, -0.25) is 24.6 Å². The smallest absolute Gasteiger partial charge is 0.250 e. The first kappa shape index (κ1) is 20.1. The molecular weight excluding hydrogens is 398 g/mol. The van der Waals surface area contributed by atoms with Gasteiger partial charge in [0.15, 0.2) is 0 Å². The average Bonchev–Trinajstić information content (AvgIpc) is 3.44. The van der Waals surface area contributed by atoms with Crippen molar-refractivity contribution >= 4 is 35.2 Å². The first-order chi connectivity index (χ1) is 14.4. The Bertz CT molecular complexity index is 942. The Morgan fingerprint density at radius 3 is 2.57 bits per heavy atom. The van der Waals surface area contributed by atoms with E-state index in [4.69, 9.17) is 0 Å². The fourth-order valence-electron chi connectivity index (χ4n) is 6.30. The molecule has 0 aromatic heterocycles. The third-order valence-electron chi connectivity index (χ3n) is 7.52. The van der Waals surface area contributed by atoms with E-state index >= 15 is 0 Å². The number of fused-ring (bicyclic) bond motifs is 4. The highest BCUT2D eigenvalue weighted by Gasteiger charge is 2.70. The molecule has 30 heavy (non-hydrogen) atoms. The van der Waals surface area contributed by atoms with Crippen LogP contribution < -0.4 is 10.6 Å². The number of aryl methyl sites for hydroxylation is 2. The summed E-state index contributed by atoms with van der Waals surface area (Å²) in [4.78, 5) is 42.4. The first-order valence-electron chi connectivity index (χ1n) is 11.0. The van der Waals surface area contributed by atoms with Gasteiger partial charge in [0.1, 0.15) is 5.54 Å². The van der Waals surface area contributed by atoms with Gasteiger partial charge in [0.05, 0.1) is 11.8 Å². The molecule has 4 atom stereocenters. The molecule has 3 amide bonds. The van der Waals surface area contributed by atoms with Gasteiger partial charge in [0.2, 0.25) is 17.7 Å². The average molecular weight is 428 g/mol. The number of nitrogens with zero attached hydrogens (tertiary/aromatic N) is 1. The number of rotatable bonds is 4. The van der Waals surface area contributed by atoms with Crippen molar-refractivity contribution in [1.82, 2.24) is 10.2 Å². The van der Waals surface area contributed by atoms with Crippen molar-refractivity contribution in [2.75, 3.05) is 17.3 Å². The molecule has 2 saturated heterocycles. The highest BCUT2D eigenvalue weighted by atomic mass is 32.2. The van der Waals surface area contributed by atoms with E-state index in [0.29, 0.717) is 0 Å². The number of amides is 3. The Morgan fingerprint density at radius 2 is 1.87 bits per heavy atom. The van der Waals surface area contributed by atoms with Crippen LogP contribution in [0.1, 0.15) is 48.8 Å². The molecule has 7 heteroatoms. The lowest BCUT2D eigenvalue weighted by molar-refractivity contribution is -0.145. The van der Waals surface area contributed by atoms with E-state index in [1.807, 2.05) is 32.2 Å². The van der Waals surface area contributed by atoms with Crippen molar-refractivity contribution < 1.29 is 14.4 Å². The maximum atomic E-state index is 13.8. The lowest BCUT2D eigenvalue weighted by atomic mass is 9.76. The summed E-state index contributed by atoms with van der Waals surface area (Å²) in [5, 5.41) is 6.59. The highest BCUT2D eigenvalue weighted by Crippen LogP contribution is 2.55. The van der Waals surface area contributed by atoms with Crippen LogP contribution in [0.2, 0.25) is 0 Å². The lowest BCUT2D eigenvalue weighted by Crippen LogP contribution is -2.54. The number of carbonyl (C=O) groups is 3. The summed E-state index contributed by atoms with van der Waals surface area (Å²) in [5.41, 5.74) is 2.52. The molecule has 5 rings (SSSR count). The van der Waals surface area contributed by atoms with Crippen LogP contribution in [0, 0.1) is 25.7 Å². The predicted molar refractivity (Wildman–Crippen MR) is 117 cm³/mol. The van der Waals surface area contributed by atoms with E-state index in [-0.39, 0.29) is 29.8 Å². The Balaban J connectivity index is 1.65. The maximum absolute atomic E-state index is 13.8. The second kappa shape index (κ2) is 7.09. The second-order valence-electron chi connectivity index (χ2n) is 9.29. The largest absolute Gasteiger partial charge is 0.324 e. The second-order valence-corrected chi connectivity index (χ2v) is 10.3. The van der Waals surface area contributed by atoms with Crippen molar-refractivity contribution in [3.8, 4) is 0 Å². The van der Waals surface area contributed by atoms with Crippen LogP contribution in [0.4, 0.5) is 5.69 Å². The third-order valence-corrected chi connectivity index (χ3v) is 8.17. The van der Waals surface area contributed by atoms with Gasteiger partial charge in [-0.05, 0) is 50.7 Å². The van der Waals surface area contributed by atoms with Crippen molar-refractivity contribution in [3.05, 3.63) is 28.8 Å². The van der Waals surface area contributed by atoms with Crippen LogP contribution in [0.5, 0.6) is 0 Å². The number of imide groups is 1. The molecule has 4 aliphatic rings. The number of carbonyl (C=O) groups excluding carboxylic acids is 3. The number of thioether (sulfide) groups is 1. The molecule has 1 spiro atoms. The predicted octanol–water partition coefficient (Wildman–Crippen LogP) is 2.72. The van der Waals surface area contributed by atoms with Crippen LogP contribution in [-0.2, 0) is 19.9 Å². The Labute approximate surface area is 181 Å². The van der Waals surface area contributed by atoms with Crippen LogP contribution in [0.15, 0.2) is 12.1 Å². The molecule has 1 aliphatic carbocycles. The first-order valence-corrected chi connectivity index (χ1v) is 12.4. The molecule has 1 saturated carbocycles. The van der Waals surface area contributed by atoms with Crippen molar-refractivity contribution in [2.24, 2.45) is 11.8 Å². The topological polar surface area (TPSA) is 78.5 Å². The molecule has 160 valence electrons. The normalized spacial score (nSPS) is 33.0. The summed E-state index contributed by atoms with van der Waals surface area (Å²) in [5.74, 6) is -0.676. The maximum Gasteiger partial charge on any atom is 0.250 e. The van der Waals surface area contributed by atoms with Gasteiger partial charge in [0, 0.05) is 23.3 Å². The summed E-state index contributed by atoms with van der Waals surface area (Å²) >= 11 is 1.72. The Kier molecular flexibility index (Phi) is 4.74. The van der Waals surface area contributed by atoms with E-state index in [0.717, 1.165) is 60.2 Å². The van der Waals surface area contributed by atoms with Crippen molar-refractivity contribution in [1.29, 1.82) is 0 Å². The van der Waals surface area contributed by atoms with E-state index in [9.17, 15) is 14.4 Å². The minimum Gasteiger partial charge on any atom is -0.324 e. The third kappa shape index (κ3) is 2.57. The molecule has 3 heterocycles. The van der Waals surface area contributed by atoms with Gasteiger partial charge >= 0.3 is 0 Å². The number of nitrogens with one attached hydrogen (secondary N) is 2. The van der Waals surface area contributed by atoms with Gasteiger partial charge in [-0.1, -0.05) is 30.5 Å². The number of hydrogen-bond donors (Lipinski definition) is 2. The van der Waals surface area contributed by atoms with E-state index in [2.05, 4.69) is 10.6 Å². The molecule has 0 bridgehead atoms. The van der Waals surface area contributed by atoms with Gasteiger partial charge in [-0.2, -0.15) is 11.8 Å². The van der Waals surface area contributed by atoms with Crippen LogP contribution in [-0.4, -0.2) is 46.7 Å². The van der Waals surface area contributed by atoms with Gasteiger partial charge in [0.25, 0.3) is 0 Å². The standard InChI is InChI=1S/C23H29N3O3S/c1-12-10-13(2)19-15(11-12)23(22(29)24-19)18-17(16(25-23)8-9-30-3)20(27)26(21(18)28)14-6-4-5-7-14/h10-11,14,16-18,25H,4-9H2,1-3H3,(H,24,29)/t16-,17+,18-,23-/m0/s1. The van der Waals surface area contributed by atoms with Crippen molar-refractivity contribution in [2.45, 2.75) is 63.6 Å². The van der Waals surface area contributed by atoms with Gasteiger partial charge in [-0.25, -0.2) is 0 Å². The Hall–Kier alpha value is -1.86. The molecule has 1 aromatic rings. The molecule has 0 radical (unpaired) electrons. The van der Waals surface area contributed by atoms with E-state index in [1.54, 1.807) is 16.7 Å². The monoisotopic (exact) mass is 427 g/mol. The van der Waals surface area contributed by atoms with E-state index < -0.39 is 17.4 Å². The van der Waals surface area contributed by atoms with Crippen LogP contribution >= 0.6 is 11.8 Å². The number of benzene rings is 1. The molecular formula is C23H29N3O3S. The van der Waals surface area contributed by atoms with E-state index in [1.165, 1.54) is 0 Å². The van der Waals surface area contributed by atoms with Gasteiger partial charge < -0.3 is 5.32 Å². The molecule has 6 nitrogen and oxygen atoms in total. The lowest BCUT2D eigenvalue weighted by Gasteiger charge is -2.31. The molecule has 2 N–H and O–H groups in total. The number of anilines is 1. The zero-order chi connectivity index (χ0) is 21.2. The van der Waals surface area contributed by atoms with Gasteiger partial charge in [-0.15, -0.1) is 0 Å². The molecule has 0 unspecified atom stereocenters. The zero-order valence-corrected chi connectivity index (χ0v) is 18.6. The Morgan fingerprint density at radius 1 is 1.13 bits per heavy atom. The summed E-state index contributed by atoms with van der Waals surface area (Å²) < 4.78 is 0. The summed E-state index contributed by atoms with van der Waals surface area (Å²) in [6, 6.07) is 3.87. The summed E-state index contributed by atoms with van der Waals surface area (Å²) in [6.07, 6.45) is 6.67. The molecule has 3 aliphatic heterocycles. The SMILES string of the molecule is CSCC[C@@H]1N[C@]2(C(=O)Nc3c(C)cc(C)cc32)[C@@H]2C(=O)N(C3CCCC3)C(=O)[C@H]12. The molecule has 1 aromatic carbocycles. The minimum atomic E-state index is -1.15. The number of likely N-dealkylation sites (tertiary alicyclic amines) is 1. The fourth-order valence-corrected chi connectivity index (χ4v) is 6.79. The summed E-state index contributed by atoms with van der Waals surface area (Å²) in [6.45, 7) is 3.99.